The first-order chi connectivity index (χ1) is 14.9. The van der Waals surface area contributed by atoms with Crippen molar-refractivity contribution >= 4 is 17.8 Å². The fourth-order valence-corrected chi connectivity index (χ4v) is 3.26. The number of aromatic nitrogens is 1. The second kappa shape index (κ2) is 10.3. The van der Waals surface area contributed by atoms with Crippen LogP contribution >= 0.6 is 0 Å². The molecule has 1 aromatic carbocycles. The summed E-state index contributed by atoms with van der Waals surface area (Å²) in [7, 11) is 0. The second-order valence-corrected chi connectivity index (χ2v) is 8.91. The van der Waals surface area contributed by atoms with Crippen molar-refractivity contribution in [1.29, 1.82) is 0 Å². The lowest BCUT2D eigenvalue weighted by molar-refractivity contribution is -0.129. The lowest BCUT2D eigenvalue weighted by atomic mass is 9.84. The van der Waals surface area contributed by atoms with E-state index in [1.54, 1.807) is 30.3 Å². The minimum absolute atomic E-state index is 0.0803. The molecular formula is C24H30FN3O4. The zero-order valence-electron chi connectivity index (χ0n) is 18.9. The van der Waals surface area contributed by atoms with Gasteiger partial charge in [0.15, 0.2) is 5.78 Å². The maximum absolute atomic E-state index is 13.1. The highest BCUT2D eigenvalue weighted by Gasteiger charge is 2.35. The molecule has 1 heterocycles. The number of carboxylic acid groups (broad SMARTS) is 1. The van der Waals surface area contributed by atoms with E-state index in [2.05, 4.69) is 15.6 Å². The molecule has 1 atom stereocenters. The van der Waals surface area contributed by atoms with Crippen LogP contribution in [0.2, 0.25) is 0 Å². The van der Waals surface area contributed by atoms with Crippen molar-refractivity contribution in [3.8, 4) is 11.3 Å². The third kappa shape index (κ3) is 7.14. The predicted octanol–water partition coefficient (Wildman–Crippen LogP) is 3.97. The van der Waals surface area contributed by atoms with Crippen molar-refractivity contribution < 1.29 is 23.9 Å². The van der Waals surface area contributed by atoms with E-state index in [-0.39, 0.29) is 24.2 Å². The lowest BCUT2D eigenvalue weighted by Gasteiger charge is -2.29. The number of carbonyl (C=O) groups is 3. The molecule has 1 unspecified atom stereocenters. The molecule has 2 aromatic rings. The number of benzene rings is 1. The lowest BCUT2D eigenvalue weighted by Crippen LogP contribution is -2.58. The molecule has 0 spiro atoms. The van der Waals surface area contributed by atoms with Gasteiger partial charge in [0.05, 0.1) is 18.4 Å². The van der Waals surface area contributed by atoms with Crippen LogP contribution in [0.15, 0.2) is 42.6 Å². The van der Waals surface area contributed by atoms with Crippen LogP contribution in [0, 0.1) is 11.2 Å². The van der Waals surface area contributed by atoms with Crippen LogP contribution in [0.4, 0.5) is 9.18 Å². The molecule has 0 saturated carbocycles. The number of amides is 2. The molecule has 0 fully saturated rings. The molecule has 0 bridgehead atoms. The molecule has 3 N–H and O–H groups in total. The first-order valence-electron chi connectivity index (χ1n) is 10.5. The van der Waals surface area contributed by atoms with Gasteiger partial charge >= 0.3 is 6.09 Å². The monoisotopic (exact) mass is 443 g/mol. The minimum Gasteiger partial charge on any atom is -0.465 e. The topological polar surface area (TPSA) is 108 Å². The summed E-state index contributed by atoms with van der Waals surface area (Å²) in [5.41, 5.74) is 0.430. The summed E-state index contributed by atoms with van der Waals surface area (Å²) in [5, 5.41) is 14.1. The van der Waals surface area contributed by atoms with Crippen molar-refractivity contribution in [3.63, 3.8) is 0 Å². The number of nitrogens with one attached hydrogen (secondary N) is 2. The predicted molar refractivity (Wildman–Crippen MR) is 120 cm³/mol. The van der Waals surface area contributed by atoms with Crippen LogP contribution in [-0.4, -0.2) is 40.0 Å². The Bertz CT molecular complexity index is 958. The number of ketones is 1. The van der Waals surface area contributed by atoms with E-state index in [0.29, 0.717) is 17.7 Å². The highest BCUT2D eigenvalue weighted by molar-refractivity contribution is 5.93. The number of hydrogen-bond donors (Lipinski definition) is 3. The molecular weight excluding hydrogens is 413 g/mol. The fourth-order valence-electron chi connectivity index (χ4n) is 3.26. The minimum atomic E-state index is -1.47. The van der Waals surface area contributed by atoms with Gasteiger partial charge in [-0.1, -0.05) is 51.5 Å². The van der Waals surface area contributed by atoms with E-state index < -0.39 is 23.4 Å². The van der Waals surface area contributed by atoms with Gasteiger partial charge in [0.1, 0.15) is 11.4 Å². The Hall–Kier alpha value is -3.29. The highest BCUT2D eigenvalue weighted by Crippen LogP contribution is 2.24. The summed E-state index contributed by atoms with van der Waals surface area (Å²) >= 11 is 0. The molecule has 0 saturated heterocycles. The Morgan fingerprint density at radius 2 is 1.72 bits per heavy atom. The van der Waals surface area contributed by atoms with Gasteiger partial charge in [0, 0.05) is 18.4 Å². The quantitative estimate of drug-likeness (QED) is 0.515. The van der Waals surface area contributed by atoms with Crippen LogP contribution < -0.4 is 10.6 Å². The Morgan fingerprint density at radius 3 is 2.25 bits per heavy atom. The van der Waals surface area contributed by atoms with Gasteiger partial charge in [-0.25, -0.2) is 9.18 Å². The molecule has 0 radical (unpaired) electrons. The SMILES string of the molecule is CCC(C)(C)CC(=O)CNC(=O)C(C)(Cc1ccc(-c2ccc(F)cn2)cc1)NC(=O)O. The molecule has 8 heteroatoms. The van der Waals surface area contributed by atoms with Gasteiger partial charge < -0.3 is 15.7 Å². The van der Waals surface area contributed by atoms with Crippen molar-refractivity contribution in [2.75, 3.05) is 6.54 Å². The first-order valence-corrected chi connectivity index (χ1v) is 10.5. The molecule has 0 aliphatic rings. The van der Waals surface area contributed by atoms with Gasteiger partial charge in [0.25, 0.3) is 0 Å². The Morgan fingerprint density at radius 1 is 1.06 bits per heavy atom. The zero-order chi connectivity index (χ0) is 23.9. The summed E-state index contributed by atoms with van der Waals surface area (Å²) in [6.45, 7) is 7.28. The number of hydrogen-bond acceptors (Lipinski definition) is 4. The van der Waals surface area contributed by atoms with Crippen molar-refractivity contribution in [2.24, 2.45) is 5.41 Å². The van der Waals surface area contributed by atoms with Gasteiger partial charge in [0.2, 0.25) is 5.91 Å². The van der Waals surface area contributed by atoms with Crippen LogP contribution in [-0.2, 0) is 16.0 Å². The standard InChI is InChI=1S/C24H30FN3O4/c1-5-23(2,3)13-19(29)15-27-21(30)24(4,28-22(31)32)12-16-6-8-17(9-7-16)20-11-10-18(25)14-26-20/h6-11,14,28H,5,12-13,15H2,1-4H3,(H,27,30)(H,31,32). The van der Waals surface area contributed by atoms with Crippen LogP contribution in [0.3, 0.4) is 0 Å². The van der Waals surface area contributed by atoms with Gasteiger partial charge in [-0.15, -0.1) is 0 Å². The number of rotatable bonds is 10. The number of nitrogens with zero attached hydrogens (tertiary/aromatic N) is 1. The molecule has 2 rings (SSSR count). The van der Waals surface area contributed by atoms with Gasteiger partial charge in [-0.2, -0.15) is 0 Å². The van der Waals surface area contributed by atoms with Crippen molar-refractivity contribution in [2.45, 2.75) is 52.5 Å². The molecule has 1 aromatic heterocycles. The van der Waals surface area contributed by atoms with E-state index in [4.69, 9.17) is 0 Å². The second-order valence-electron chi connectivity index (χ2n) is 8.91. The normalized spacial score (nSPS) is 13.2. The average molecular weight is 444 g/mol. The number of pyridine rings is 1. The molecule has 32 heavy (non-hydrogen) atoms. The van der Waals surface area contributed by atoms with Crippen LogP contribution in [0.25, 0.3) is 11.3 Å². The summed E-state index contributed by atoms with van der Waals surface area (Å²) in [6.07, 6.45) is 1.02. The van der Waals surface area contributed by atoms with E-state index in [0.717, 1.165) is 18.2 Å². The number of carbonyl (C=O) groups excluding carboxylic acids is 2. The summed E-state index contributed by atoms with van der Waals surface area (Å²) < 4.78 is 13.1. The number of Topliss-reactive ketones (excluding diaryl/α,β-unsaturated/α-hetero) is 1. The van der Waals surface area contributed by atoms with Crippen molar-refractivity contribution in [1.82, 2.24) is 15.6 Å². The Labute approximate surface area is 187 Å². The van der Waals surface area contributed by atoms with E-state index in [1.807, 2.05) is 20.8 Å². The molecule has 0 aliphatic heterocycles. The highest BCUT2D eigenvalue weighted by atomic mass is 19.1. The van der Waals surface area contributed by atoms with E-state index in [9.17, 15) is 23.9 Å². The Kier molecular flexibility index (Phi) is 8.08. The number of halogens is 1. The van der Waals surface area contributed by atoms with Gasteiger partial charge in [-0.05, 0) is 30.0 Å². The third-order valence-electron chi connectivity index (χ3n) is 5.50. The summed E-state index contributed by atoms with van der Waals surface area (Å²) in [5.74, 6) is -1.12. The Balaban J connectivity index is 2.10. The van der Waals surface area contributed by atoms with E-state index >= 15 is 0 Å². The largest absolute Gasteiger partial charge is 0.465 e. The first kappa shape index (κ1) is 25.0. The molecule has 0 aliphatic carbocycles. The third-order valence-corrected chi connectivity index (χ3v) is 5.50. The zero-order valence-corrected chi connectivity index (χ0v) is 18.9. The summed E-state index contributed by atoms with van der Waals surface area (Å²) in [6, 6.07) is 9.92. The summed E-state index contributed by atoms with van der Waals surface area (Å²) in [4.78, 5) is 40.4. The molecule has 172 valence electrons. The maximum atomic E-state index is 13.1. The van der Waals surface area contributed by atoms with Crippen molar-refractivity contribution in [3.05, 3.63) is 54.0 Å². The average Bonchev–Trinajstić information content (AvgIpc) is 2.72. The van der Waals surface area contributed by atoms with Crippen LogP contribution in [0.5, 0.6) is 0 Å². The smallest absolute Gasteiger partial charge is 0.405 e. The molecule has 2 amide bonds. The fraction of sp³-hybridized carbons (Fsp3) is 0.417. The van der Waals surface area contributed by atoms with Crippen LogP contribution in [0.1, 0.15) is 46.1 Å². The molecule has 7 nitrogen and oxygen atoms in total. The van der Waals surface area contributed by atoms with E-state index in [1.165, 1.54) is 13.0 Å². The van der Waals surface area contributed by atoms with Gasteiger partial charge in [-0.3, -0.25) is 14.6 Å². The maximum Gasteiger partial charge on any atom is 0.405 e.